The highest BCUT2D eigenvalue weighted by atomic mass is 14.4. The van der Waals surface area contributed by atoms with Crippen LogP contribution >= 0.6 is 0 Å². The van der Waals surface area contributed by atoms with Crippen LogP contribution in [0.2, 0.25) is 0 Å². The number of rotatable bonds is 0. The smallest absolute Gasteiger partial charge is 0.0208 e. The van der Waals surface area contributed by atoms with E-state index in [0.717, 1.165) is 0 Å². The van der Waals surface area contributed by atoms with Crippen LogP contribution in [-0.2, 0) is 0 Å². The zero-order valence-electron chi connectivity index (χ0n) is 14.1. The lowest BCUT2D eigenvalue weighted by Gasteiger charge is -2.41. The fourth-order valence-electron chi connectivity index (χ4n) is 4.66. The topological polar surface area (TPSA) is 0 Å². The zero-order chi connectivity index (χ0) is 16.3. The molecule has 0 heterocycles. The van der Waals surface area contributed by atoms with Gasteiger partial charge in [0, 0.05) is 11.8 Å². The van der Waals surface area contributed by atoms with Gasteiger partial charge in [0.2, 0.25) is 0 Å². The Labute approximate surface area is 143 Å². The maximum Gasteiger partial charge on any atom is 0.0208 e. The molecule has 3 aliphatic rings. The van der Waals surface area contributed by atoms with Crippen LogP contribution in [0.4, 0.5) is 0 Å². The van der Waals surface area contributed by atoms with Crippen molar-refractivity contribution in [2.24, 2.45) is 0 Å². The summed E-state index contributed by atoms with van der Waals surface area (Å²) >= 11 is 0. The molecule has 2 aromatic carbocycles. The predicted octanol–water partition coefficient (Wildman–Crippen LogP) is 6.25. The number of benzene rings is 2. The number of allylic oxidation sites excluding steroid dienone is 6. The Balaban J connectivity index is 1.83. The van der Waals surface area contributed by atoms with Crippen molar-refractivity contribution in [2.45, 2.75) is 25.7 Å². The molecule has 0 spiro atoms. The first-order valence-corrected chi connectivity index (χ1v) is 8.71. The van der Waals surface area contributed by atoms with E-state index >= 15 is 0 Å². The molecule has 2 atom stereocenters. The first kappa shape index (κ1) is 13.8. The van der Waals surface area contributed by atoms with Gasteiger partial charge in [0.1, 0.15) is 0 Å². The molecule has 0 amide bonds. The van der Waals surface area contributed by atoms with Crippen LogP contribution in [0.3, 0.4) is 0 Å². The third-order valence-electron chi connectivity index (χ3n) is 5.98. The average molecular weight is 308 g/mol. The molecule has 2 unspecified atom stereocenters. The summed E-state index contributed by atoms with van der Waals surface area (Å²) in [6.45, 7) is 4.57. The van der Waals surface area contributed by atoms with E-state index in [2.05, 4.69) is 86.7 Å². The highest BCUT2D eigenvalue weighted by Crippen LogP contribution is 2.54. The molecule has 0 aliphatic heterocycles. The van der Waals surface area contributed by atoms with Crippen LogP contribution in [0.5, 0.6) is 0 Å². The van der Waals surface area contributed by atoms with E-state index in [-0.39, 0.29) is 0 Å². The van der Waals surface area contributed by atoms with Crippen molar-refractivity contribution >= 4 is 12.2 Å². The first-order valence-electron chi connectivity index (χ1n) is 8.71. The highest BCUT2D eigenvalue weighted by molar-refractivity contribution is 5.74. The Morgan fingerprint density at radius 2 is 0.958 bits per heavy atom. The van der Waals surface area contributed by atoms with Gasteiger partial charge in [0.05, 0.1) is 0 Å². The third-order valence-corrected chi connectivity index (χ3v) is 5.98. The molecule has 0 aromatic heterocycles. The van der Waals surface area contributed by atoms with Crippen molar-refractivity contribution in [1.82, 2.24) is 0 Å². The van der Waals surface area contributed by atoms with Gasteiger partial charge in [0.25, 0.3) is 0 Å². The molecule has 0 N–H and O–H groups in total. The van der Waals surface area contributed by atoms with Crippen LogP contribution in [-0.4, -0.2) is 0 Å². The molecular weight excluding hydrogens is 288 g/mol. The van der Waals surface area contributed by atoms with Gasteiger partial charge >= 0.3 is 0 Å². The molecule has 116 valence electrons. The molecule has 0 heteroatoms. The lowest BCUT2D eigenvalue weighted by molar-refractivity contribution is 0.659. The number of fused-ring (bicyclic) bond motifs is 7. The van der Waals surface area contributed by atoms with E-state index in [0.29, 0.717) is 11.8 Å². The summed E-state index contributed by atoms with van der Waals surface area (Å²) in [6, 6.07) is 17.8. The van der Waals surface area contributed by atoms with Crippen molar-refractivity contribution in [1.29, 1.82) is 0 Å². The second-order valence-corrected chi connectivity index (χ2v) is 7.04. The second-order valence-electron chi connectivity index (χ2n) is 7.04. The molecule has 0 radical (unpaired) electrons. The minimum atomic E-state index is 0.427. The molecule has 2 aromatic rings. The summed E-state index contributed by atoms with van der Waals surface area (Å²) in [4.78, 5) is 0. The second kappa shape index (κ2) is 4.95. The van der Waals surface area contributed by atoms with Gasteiger partial charge in [-0.25, -0.2) is 0 Å². The summed E-state index contributed by atoms with van der Waals surface area (Å²) in [5.41, 5.74) is 11.5. The highest BCUT2D eigenvalue weighted by Gasteiger charge is 2.38. The van der Waals surface area contributed by atoms with E-state index in [1.54, 1.807) is 0 Å². The Bertz CT molecular complexity index is 897. The van der Waals surface area contributed by atoms with E-state index in [1.807, 2.05) is 0 Å². The number of hydrogen-bond donors (Lipinski definition) is 0. The molecule has 0 fully saturated rings. The molecule has 5 rings (SSSR count). The Morgan fingerprint density at radius 1 is 0.542 bits per heavy atom. The first-order chi connectivity index (χ1) is 11.8. The van der Waals surface area contributed by atoms with Crippen LogP contribution in [0, 0.1) is 0 Å². The monoisotopic (exact) mass is 308 g/mol. The Hall–Kier alpha value is -2.60. The van der Waals surface area contributed by atoms with Crippen molar-refractivity contribution in [3.8, 4) is 0 Å². The molecule has 0 saturated heterocycles. The molecule has 3 aliphatic carbocycles. The SMILES string of the molecule is CC1=C2C=Cc3ccccc3C2C2C(=C1C)C=Cc1ccccc12. The van der Waals surface area contributed by atoms with Gasteiger partial charge in [0.15, 0.2) is 0 Å². The summed E-state index contributed by atoms with van der Waals surface area (Å²) in [7, 11) is 0. The fourth-order valence-corrected chi connectivity index (χ4v) is 4.66. The van der Waals surface area contributed by atoms with Gasteiger partial charge in [-0.15, -0.1) is 0 Å². The van der Waals surface area contributed by atoms with Crippen LogP contribution in [0.25, 0.3) is 12.2 Å². The van der Waals surface area contributed by atoms with E-state index < -0.39 is 0 Å². The van der Waals surface area contributed by atoms with Gasteiger partial charge in [-0.1, -0.05) is 72.8 Å². The van der Waals surface area contributed by atoms with Gasteiger partial charge in [-0.05, 0) is 58.4 Å². The number of hydrogen-bond acceptors (Lipinski definition) is 0. The lowest BCUT2D eigenvalue weighted by atomic mass is 9.62. The Morgan fingerprint density at radius 3 is 1.42 bits per heavy atom. The minimum absolute atomic E-state index is 0.427. The Kier molecular flexibility index (Phi) is 2.84. The summed E-state index contributed by atoms with van der Waals surface area (Å²) in [5, 5.41) is 0. The van der Waals surface area contributed by atoms with Crippen molar-refractivity contribution < 1.29 is 0 Å². The molecular formula is C24H20. The van der Waals surface area contributed by atoms with Crippen LogP contribution < -0.4 is 0 Å². The van der Waals surface area contributed by atoms with E-state index in [9.17, 15) is 0 Å². The average Bonchev–Trinajstić information content (AvgIpc) is 2.64. The normalized spacial score (nSPS) is 23.6. The largest absolute Gasteiger partial charge is 0.0619 e. The summed E-state index contributed by atoms with van der Waals surface area (Å²) in [5.74, 6) is 0.854. The van der Waals surface area contributed by atoms with Gasteiger partial charge in [-0.2, -0.15) is 0 Å². The minimum Gasteiger partial charge on any atom is -0.0619 e. The third kappa shape index (κ3) is 1.74. The standard InChI is InChI=1S/C24H20/c1-15-16(2)20-14-12-18-8-4-6-10-22(18)24(20)23-19(15)13-11-17-7-3-5-9-21(17)23/h3-14,23-24H,1-2H3. The maximum atomic E-state index is 2.35. The van der Waals surface area contributed by atoms with Crippen LogP contribution in [0.15, 0.2) is 83.0 Å². The van der Waals surface area contributed by atoms with Crippen LogP contribution in [0.1, 0.15) is 47.9 Å². The fraction of sp³-hybridized carbons (Fsp3) is 0.167. The summed E-state index contributed by atoms with van der Waals surface area (Å²) < 4.78 is 0. The zero-order valence-corrected chi connectivity index (χ0v) is 14.1. The predicted molar refractivity (Wildman–Crippen MR) is 102 cm³/mol. The molecule has 0 bridgehead atoms. The molecule has 0 saturated carbocycles. The van der Waals surface area contributed by atoms with Crippen molar-refractivity contribution in [3.63, 3.8) is 0 Å². The van der Waals surface area contributed by atoms with E-state index in [4.69, 9.17) is 0 Å². The van der Waals surface area contributed by atoms with Gasteiger partial charge in [-0.3, -0.25) is 0 Å². The summed E-state index contributed by atoms with van der Waals surface area (Å²) in [6.07, 6.45) is 9.27. The molecule has 24 heavy (non-hydrogen) atoms. The maximum absolute atomic E-state index is 2.35. The van der Waals surface area contributed by atoms with Gasteiger partial charge < -0.3 is 0 Å². The molecule has 0 nitrogen and oxygen atoms in total. The van der Waals surface area contributed by atoms with Crippen molar-refractivity contribution in [2.75, 3.05) is 0 Å². The van der Waals surface area contributed by atoms with E-state index in [1.165, 1.54) is 44.5 Å². The quantitative estimate of drug-likeness (QED) is 0.539. The van der Waals surface area contributed by atoms with Crippen molar-refractivity contribution in [3.05, 3.63) is 105 Å². The lowest BCUT2D eigenvalue weighted by Crippen LogP contribution is -2.25.